The van der Waals surface area contributed by atoms with E-state index in [9.17, 15) is 4.79 Å². The normalized spacial score (nSPS) is 10.4. The number of carbonyl (C=O) groups excluding carboxylic acids is 1. The van der Waals surface area contributed by atoms with E-state index in [4.69, 9.17) is 0 Å². The number of para-hydroxylation sites is 1. The minimum Gasteiger partial charge on any atom is -0.337 e. The maximum Gasteiger partial charge on any atom is 0.277 e. The summed E-state index contributed by atoms with van der Waals surface area (Å²) in [5, 5.41) is 0. The molecule has 0 fully saturated rings. The van der Waals surface area contributed by atoms with Crippen LogP contribution in [0.15, 0.2) is 72.9 Å². The van der Waals surface area contributed by atoms with E-state index >= 15 is 0 Å². The van der Waals surface area contributed by atoms with E-state index < -0.39 is 0 Å². The summed E-state index contributed by atoms with van der Waals surface area (Å²) in [6, 6.07) is 21.5. The highest BCUT2D eigenvalue weighted by Gasteiger charge is 2.19. The van der Waals surface area contributed by atoms with Crippen LogP contribution in [-0.2, 0) is 6.54 Å². The van der Waals surface area contributed by atoms with Gasteiger partial charge in [-0.25, -0.2) is 9.97 Å². The number of nitrogens with zero attached hydrogens (tertiary/aromatic N) is 4. The number of anilines is 2. The van der Waals surface area contributed by atoms with Gasteiger partial charge in [0.05, 0.1) is 0 Å². The van der Waals surface area contributed by atoms with Crippen LogP contribution in [-0.4, -0.2) is 29.0 Å². The number of rotatable bonds is 7. The van der Waals surface area contributed by atoms with Crippen molar-refractivity contribution in [3.63, 3.8) is 0 Å². The highest BCUT2D eigenvalue weighted by molar-refractivity contribution is 6.04. The molecule has 1 aromatic heterocycles. The van der Waals surface area contributed by atoms with E-state index in [0.717, 1.165) is 12.2 Å². The highest BCUT2D eigenvalue weighted by atomic mass is 16.2. The summed E-state index contributed by atoms with van der Waals surface area (Å²) in [7, 11) is 0. The molecular weight excluding hydrogens is 336 g/mol. The predicted octanol–water partition coefficient (Wildman–Crippen LogP) is 4.17. The molecule has 1 amide bonds. The second-order valence-electron chi connectivity index (χ2n) is 6.13. The average Bonchev–Trinajstić information content (AvgIpc) is 2.74. The number of benzene rings is 2. The van der Waals surface area contributed by atoms with Gasteiger partial charge in [0.1, 0.15) is 5.69 Å². The van der Waals surface area contributed by atoms with Gasteiger partial charge in [-0.05, 0) is 37.6 Å². The lowest BCUT2D eigenvalue weighted by Crippen LogP contribution is -2.32. The Morgan fingerprint density at radius 3 is 2.19 bits per heavy atom. The molecule has 138 valence electrons. The molecule has 0 aliphatic heterocycles. The highest BCUT2D eigenvalue weighted by Crippen LogP contribution is 2.17. The summed E-state index contributed by atoms with van der Waals surface area (Å²) in [5.74, 6) is 0.444. The van der Waals surface area contributed by atoms with Crippen molar-refractivity contribution in [2.24, 2.45) is 0 Å². The van der Waals surface area contributed by atoms with Crippen molar-refractivity contribution in [1.29, 1.82) is 0 Å². The first-order valence-corrected chi connectivity index (χ1v) is 9.21. The molecule has 1 heterocycles. The van der Waals surface area contributed by atoms with Crippen molar-refractivity contribution >= 4 is 17.5 Å². The molecule has 5 heteroatoms. The first-order chi connectivity index (χ1) is 13.2. The van der Waals surface area contributed by atoms with Gasteiger partial charge in [0.25, 0.3) is 5.91 Å². The lowest BCUT2D eigenvalue weighted by molar-refractivity contribution is 0.0983. The van der Waals surface area contributed by atoms with Crippen LogP contribution in [0.5, 0.6) is 0 Å². The molecule has 0 spiro atoms. The van der Waals surface area contributed by atoms with E-state index in [1.807, 2.05) is 55.5 Å². The SMILES string of the molecule is CCN(Cc1ccccc1)c1nccc(C(=O)N(CC)c2ccccc2)n1. The third-order valence-electron chi connectivity index (χ3n) is 4.37. The number of carbonyl (C=O) groups is 1. The van der Waals surface area contributed by atoms with Gasteiger partial charge in [0.15, 0.2) is 0 Å². The molecule has 3 rings (SSSR count). The van der Waals surface area contributed by atoms with E-state index in [2.05, 4.69) is 33.9 Å². The number of aromatic nitrogens is 2. The van der Waals surface area contributed by atoms with Crippen LogP contribution in [0.1, 0.15) is 29.9 Å². The summed E-state index contributed by atoms with van der Waals surface area (Å²) < 4.78 is 0. The van der Waals surface area contributed by atoms with Gasteiger partial charge in [-0.3, -0.25) is 4.79 Å². The Balaban J connectivity index is 1.84. The van der Waals surface area contributed by atoms with Crippen LogP contribution in [0.2, 0.25) is 0 Å². The summed E-state index contributed by atoms with van der Waals surface area (Å²) >= 11 is 0. The second kappa shape index (κ2) is 8.94. The summed E-state index contributed by atoms with van der Waals surface area (Å²) in [5.41, 5.74) is 2.44. The standard InChI is InChI=1S/C22H24N4O/c1-3-25(17-18-11-7-5-8-12-18)22-23-16-15-20(24-22)21(27)26(4-2)19-13-9-6-10-14-19/h5-16H,3-4,17H2,1-2H3. The minimum atomic E-state index is -0.122. The van der Waals surface area contributed by atoms with Gasteiger partial charge in [0, 0.05) is 31.5 Å². The maximum absolute atomic E-state index is 13.0. The van der Waals surface area contributed by atoms with Gasteiger partial charge < -0.3 is 9.80 Å². The Hall–Kier alpha value is -3.21. The summed E-state index contributed by atoms with van der Waals surface area (Å²) in [6.07, 6.45) is 1.65. The summed E-state index contributed by atoms with van der Waals surface area (Å²) in [4.78, 5) is 25.7. The molecule has 0 N–H and O–H groups in total. The quantitative estimate of drug-likeness (QED) is 0.634. The molecule has 5 nitrogen and oxygen atoms in total. The summed E-state index contributed by atoms with van der Waals surface area (Å²) in [6.45, 7) is 6.04. The van der Waals surface area contributed by atoms with Crippen molar-refractivity contribution in [3.05, 3.63) is 84.2 Å². The van der Waals surface area contributed by atoms with Crippen LogP contribution in [0, 0.1) is 0 Å². The first-order valence-electron chi connectivity index (χ1n) is 9.21. The van der Waals surface area contributed by atoms with Gasteiger partial charge in [-0.15, -0.1) is 0 Å². The topological polar surface area (TPSA) is 49.3 Å². The number of hydrogen-bond acceptors (Lipinski definition) is 4. The largest absolute Gasteiger partial charge is 0.337 e. The molecule has 27 heavy (non-hydrogen) atoms. The van der Waals surface area contributed by atoms with Crippen molar-refractivity contribution < 1.29 is 4.79 Å². The van der Waals surface area contributed by atoms with Gasteiger partial charge >= 0.3 is 0 Å². The molecule has 3 aromatic rings. The lowest BCUT2D eigenvalue weighted by Gasteiger charge is -2.23. The van der Waals surface area contributed by atoms with Crippen molar-refractivity contribution in [3.8, 4) is 0 Å². The smallest absolute Gasteiger partial charge is 0.277 e. The predicted molar refractivity (Wildman–Crippen MR) is 109 cm³/mol. The van der Waals surface area contributed by atoms with E-state index in [1.165, 1.54) is 5.56 Å². The van der Waals surface area contributed by atoms with Crippen LogP contribution in [0.25, 0.3) is 0 Å². The Morgan fingerprint density at radius 1 is 0.889 bits per heavy atom. The van der Waals surface area contributed by atoms with Crippen LogP contribution in [0.4, 0.5) is 11.6 Å². The zero-order valence-electron chi connectivity index (χ0n) is 15.7. The Kier molecular flexibility index (Phi) is 6.15. The molecule has 0 saturated heterocycles. The maximum atomic E-state index is 13.0. The van der Waals surface area contributed by atoms with E-state index in [-0.39, 0.29) is 5.91 Å². The first kappa shape index (κ1) is 18.6. The third-order valence-corrected chi connectivity index (χ3v) is 4.37. The molecule has 0 bridgehead atoms. The Morgan fingerprint density at radius 2 is 1.56 bits per heavy atom. The fourth-order valence-corrected chi connectivity index (χ4v) is 2.94. The van der Waals surface area contributed by atoms with Gasteiger partial charge in [-0.1, -0.05) is 48.5 Å². The molecule has 0 radical (unpaired) electrons. The van der Waals surface area contributed by atoms with E-state index in [1.54, 1.807) is 17.2 Å². The fraction of sp³-hybridized carbons (Fsp3) is 0.227. The third kappa shape index (κ3) is 4.50. The van der Waals surface area contributed by atoms with Crippen molar-refractivity contribution in [2.45, 2.75) is 20.4 Å². The zero-order chi connectivity index (χ0) is 19.1. The van der Waals surface area contributed by atoms with Gasteiger partial charge in [0.2, 0.25) is 5.95 Å². The van der Waals surface area contributed by atoms with Crippen molar-refractivity contribution in [2.75, 3.05) is 22.9 Å². The molecule has 2 aromatic carbocycles. The lowest BCUT2D eigenvalue weighted by atomic mass is 10.2. The molecule has 0 atom stereocenters. The van der Waals surface area contributed by atoms with Crippen LogP contribution in [0.3, 0.4) is 0 Å². The molecule has 0 aliphatic rings. The molecule has 0 aliphatic carbocycles. The minimum absolute atomic E-state index is 0.122. The second-order valence-corrected chi connectivity index (χ2v) is 6.13. The zero-order valence-corrected chi connectivity index (χ0v) is 15.7. The molecular formula is C22H24N4O. The molecule has 0 unspecified atom stereocenters. The average molecular weight is 360 g/mol. The molecule has 0 saturated carbocycles. The Labute approximate surface area is 160 Å². The Bertz CT molecular complexity index is 868. The van der Waals surface area contributed by atoms with Crippen molar-refractivity contribution in [1.82, 2.24) is 9.97 Å². The fourth-order valence-electron chi connectivity index (χ4n) is 2.94. The monoisotopic (exact) mass is 360 g/mol. The van der Waals surface area contributed by atoms with Gasteiger partial charge in [-0.2, -0.15) is 0 Å². The van der Waals surface area contributed by atoms with E-state index in [0.29, 0.717) is 24.7 Å². The van der Waals surface area contributed by atoms with Crippen LogP contribution >= 0.6 is 0 Å². The number of amides is 1. The number of hydrogen-bond donors (Lipinski definition) is 0. The van der Waals surface area contributed by atoms with Crippen LogP contribution < -0.4 is 9.80 Å².